The molecule has 21 heavy (non-hydrogen) atoms. The van der Waals surface area contributed by atoms with Crippen molar-refractivity contribution >= 4 is 11.6 Å². The summed E-state index contributed by atoms with van der Waals surface area (Å²) in [6.45, 7) is -0.00177. The normalized spacial score (nSPS) is 19.1. The van der Waals surface area contributed by atoms with Crippen LogP contribution in [0.25, 0.3) is 0 Å². The Morgan fingerprint density at radius 2 is 2.33 bits per heavy atom. The molecule has 0 radical (unpaired) electrons. The van der Waals surface area contributed by atoms with Crippen LogP contribution in [0.2, 0.25) is 0 Å². The lowest BCUT2D eigenvalue weighted by Gasteiger charge is -2.22. The van der Waals surface area contributed by atoms with Gasteiger partial charge in [-0.15, -0.1) is 0 Å². The van der Waals surface area contributed by atoms with Crippen molar-refractivity contribution in [3.05, 3.63) is 18.3 Å². The fourth-order valence-corrected chi connectivity index (χ4v) is 1.66. The fraction of sp³-hybridized carbons (Fsp3) is 0.500. The van der Waals surface area contributed by atoms with E-state index in [-0.39, 0.29) is 18.4 Å². The van der Waals surface area contributed by atoms with Gasteiger partial charge in [0.1, 0.15) is 6.04 Å². The molecule has 116 valence electrons. The third kappa shape index (κ3) is 5.20. The quantitative estimate of drug-likeness (QED) is 0.866. The number of nitrogens with zero attached hydrogens (tertiary/aromatic N) is 1. The van der Waals surface area contributed by atoms with Gasteiger partial charge in [0.05, 0.1) is 25.1 Å². The Labute approximate surface area is 118 Å². The molecule has 1 aromatic heterocycles. The summed E-state index contributed by atoms with van der Waals surface area (Å²) in [5, 5.41) is 5.57. The van der Waals surface area contributed by atoms with Crippen molar-refractivity contribution in [3.63, 3.8) is 0 Å². The van der Waals surface area contributed by atoms with Crippen molar-refractivity contribution in [3.8, 4) is 5.88 Å². The summed E-state index contributed by atoms with van der Waals surface area (Å²) in [7, 11) is 0. The Morgan fingerprint density at radius 1 is 1.52 bits per heavy atom. The van der Waals surface area contributed by atoms with Gasteiger partial charge >= 0.3 is 6.18 Å². The predicted octanol–water partition coefficient (Wildman–Crippen LogP) is 0.950. The largest absolute Gasteiger partial charge is 0.468 e. The number of pyridine rings is 1. The number of hydrogen-bond acceptors (Lipinski definition) is 5. The summed E-state index contributed by atoms with van der Waals surface area (Å²) in [5.74, 6) is -0.454. The van der Waals surface area contributed by atoms with Crippen molar-refractivity contribution in [2.45, 2.75) is 12.2 Å². The molecule has 1 atom stereocenters. The van der Waals surface area contributed by atoms with E-state index in [1.54, 1.807) is 0 Å². The van der Waals surface area contributed by atoms with Crippen LogP contribution >= 0.6 is 0 Å². The lowest BCUT2D eigenvalue weighted by Crippen LogP contribution is -2.48. The molecule has 0 aromatic carbocycles. The standard InChI is InChI=1S/C12H14F3N3O3/c13-12(14,15)7-21-10-2-1-8(5-17-10)18-11(19)9-6-20-4-3-16-9/h1-2,5,9,16H,3-4,6-7H2,(H,18,19). The Balaban J connectivity index is 1.85. The van der Waals surface area contributed by atoms with Gasteiger partial charge in [-0.3, -0.25) is 4.79 Å². The Kier molecular flexibility index (Phi) is 4.97. The number of hydrogen-bond donors (Lipinski definition) is 2. The van der Waals surface area contributed by atoms with Crippen LogP contribution in [0, 0.1) is 0 Å². The van der Waals surface area contributed by atoms with Gasteiger partial charge in [-0.05, 0) is 6.07 Å². The smallest absolute Gasteiger partial charge is 0.422 e. The summed E-state index contributed by atoms with van der Waals surface area (Å²) in [6.07, 6.45) is -3.19. The summed E-state index contributed by atoms with van der Waals surface area (Å²) in [4.78, 5) is 15.5. The summed E-state index contributed by atoms with van der Waals surface area (Å²) < 4.78 is 45.5. The molecule has 1 fully saturated rings. The van der Waals surface area contributed by atoms with Crippen LogP contribution in [0.1, 0.15) is 0 Å². The van der Waals surface area contributed by atoms with Crippen molar-refractivity contribution in [2.24, 2.45) is 0 Å². The summed E-state index contributed by atoms with van der Waals surface area (Å²) in [5.41, 5.74) is 0.367. The number of alkyl halides is 3. The first-order valence-electron chi connectivity index (χ1n) is 6.22. The van der Waals surface area contributed by atoms with E-state index in [0.29, 0.717) is 18.8 Å². The number of amides is 1. The first-order chi connectivity index (χ1) is 9.94. The second-order valence-electron chi connectivity index (χ2n) is 4.36. The van der Waals surface area contributed by atoms with Gasteiger partial charge < -0.3 is 20.1 Å². The minimum Gasteiger partial charge on any atom is -0.468 e. The van der Waals surface area contributed by atoms with Gasteiger partial charge in [-0.1, -0.05) is 0 Å². The maximum absolute atomic E-state index is 12.0. The second-order valence-corrected chi connectivity index (χ2v) is 4.36. The molecule has 1 aliphatic heterocycles. The molecule has 6 nitrogen and oxygen atoms in total. The minimum absolute atomic E-state index is 0.163. The van der Waals surface area contributed by atoms with Crippen molar-refractivity contribution in [2.75, 3.05) is 31.7 Å². The van der Waals surface area contributed by atoms with Crippen LogP contribution in [-0.2, 0) is 9.53 Å². The van der Waals surface area contributed by atoms with Crippen LogP contribution in [0.15, 0.2) is 18.3 Å². The Hall–Kier alpha value is -1.87. The first-order valence-corrected chi connectivity index (χ1v) is 6.22. The molecule has 0 bridgehead atoms. The van der Waals surface area contributed by atoms with E-state index in [0.717, 1.165) is 0 Å². The molecule has 0 saturated carbocycles. The lowest BCUT2D eigenvalue weighted by atomic mass is 10.2. The molecule has 2 N–H and O–H groups in total. The minimum atomic E-state index is -4.42. The highest BCUT2D eigenvalue weighted by molar-refractivity contribution is 5.94. The van der Waals surface area contributed by atoms with Crippen LogP contribution < -0.4 is 15.4 Å². The van der Waals surface area contributed by atoms with Gasteiger partial charge in [0.25, 0.3) is 0 Å². The second kappa shape index (κ2) is 6.72. The van der Waals surface area contributed by atoms with E-state index in [1.165, 1.54) is 18.3 Å². The average Bonchev–Trinajstić information content (AvgIpc) is 2.46. The highest BCUT2D eigenvalue weighted by Gasteiger charge is 2.28. The first kappa shape index (κ1) is 15.5. The molecule has 9 heteroatoms. The molecule has 2 rings (SSSR count). The number of anilines is 1. The van der Waals surface area contributed by atoms with Gasteiger partial charge in [-0.2, -0.15) is 13.2 Å². The number of carbonyl (C=O) groups excluding carboxylic acids is 1. The van der Waals surface area contributed by atoms with E-state index in [2.05, 4.69) is 20.4 Å². The number of aromatic nitrogens is 1. The molecule has 1 aliphatic rings. The zero-order valence-corrected chi connectivity index (χ0v) is 10.9. The monoisotopic (exact) mass is 305 g/mol. The lowest BCUT2D eigenvalue weighted by molar-refractivity contribution is -0.154. The fourth-order valence-electron chi connectivity index (χ4n) is 1.66. The van der Waals surface area contributed by atoms with Gasteiger partial charge in [0, 0.05) is 12.6 Å². The molecule has 0 spiro atoms. The van der Waals surface area contributed by atoms with E-state index in [1.807, 2.05) is 0 Å². The summed E-state index contributed by atoms with van der Waals surface area (Å²) >= 11 is 0. The third-order valence-electron chi connectivity index (χ3n) is 2.63. The molecule has 2 heterocycles. The molecule has 1 aromatic rings. The maximum Gasteiger partial charge on any atom is 0.422 e. The number of carbonyl (C=O) groups is 1. The highest BCUT2D eigenvalue weighted by Crippen LogP contribution is 2.18. The maximum atomic E-state index is 12.0. The molecule has 0 aliphatic carbocycles. The molecular weight excluding hydrogens is 291 g/mol. The summed E-state index contributed by atoms with van der Waals surface area (Å²) in [6, 6.07) is 2.21. The SMILES string of the molecule is O=C(Nc1ccc(OCC(F)(F)F)nc1)C1COCCN1. The zero-order chi connectivity index (χ0) is 15.3. The Bertz CT molecular complexity index is 473. The van der Waals surface area contributed by atoms with Crippen molar-refractivity contribution in [1.29, 1.82) is 0 Å². The van der Waals surface area contributed by atoms with E-state index < -0.39 is 18.8 Å². The molecule has 1 unspecified atom stereocenters. The zero-order valence-electron chi connectivity index (χ0n) is 10.9. The van der Waals surface area contributed by atoms with Crippen LogP contribution in [0.3, 0.4) is 0 Å². The van der Waals surface area contributed by atoms with Gasteiger partial charge in [0.2, 0.25) is 11.8 Å². The van der Waals surface area contributed by atoms with Crippen molar-refractivity contribution < 1.29 is 27.4 Å². The van der Waals surface area contributed by atoms with E-state index in [9.17, 15) is 18.0 Å². The Morgan fingerprint density at radius 3 is 2.90 bits per heavy atom. The number of halogens is 3. The number of nitrogens with one attached hydrogen (secondary N) is 2. The molecule has 1 saturated heterocycles. The van der Waals surface area contributed by atoms with Crippen LogP contribution in [0.4, 0.5) is 18.9 Å². The van der Waals surface area contributed by atoms with Crippen LogP contribution in [-0.4, -0.2) is 49.5 Å². The van der Waals surface area contributed by atoms with Crippen LogP contribution in [0.5, 0.6) is 5.88 Å². The van der Waals surface area contributed by atoms with E-state index >= 15 is 0 Å². The van der Waals surface area contributed by atoms with Gasteiger partial charge in [-0.25, -0.2) is 4.98 Å². The number of morpholine rings is 1. The highest BCUT2D eigenvalue weighted by atomic mass is 19.4. The van der Waals surface area contributed by atoms with E-state index in [4.69, 9.17) is 4.74 Å². The number of rotatable bonds is 4. The topological polar surface area (TPSA) is 72.5 Å². The number of ether oxygens (including phenoxy) is 2. The average molecular weight is 305 g/mol. The van der Waals surface area contributed by atoms with Gasteiger partial charge in [0.15, 0.2) is 6.61 Å². The molecule has 1 amide bonds. The predicted molar refractivity (Wildman–Crippen MR) is 67.0 cm³/mol. The van der Waals surface area contributed by atoms with Crippen molar-refractivity contribution in [1.82, 2.24) is 10.3 Å². The third-order valence-corrected chi connectivity index (χ3v) is 2.63. The molecular formula is C12H14F3N3O3.